The van der Waals surface area contributed by atoms with Gasteiger partial charge in [-0.05, 0) is 23.8 Å². The largest absolute Gasteiger partial charge is 0.347 e. The van der Waals surface area contributed by atoms with Crippen molar-refractivity contribution < 1.29 is 4.79 Å². The second-order valence-electron chi connectivity index (χ2n) is 8.57. The predicted molar refractivity (Wildman–Crippen MR) is 117 cm³/mol. The normalized spacial score (nSPS) is 20.8. The van der Waals surface area contributed by atoms with E-state index in [1.807, 2.05) is 24.4 Å². The number of aromatic nitrogens is 1. The lowest BCUT2D eigenvalue weighted by atomic mass is 9.83. The third-order valence-corrected chi connectivity index (χ3v) is 6.19. The number of hydrogen-bond acceptors (Lipinski definition) is 5. The third kappa shape index (κ3) is 4.11. The fraction of sp³-hybridized carbons (Fsp3) is 0.417. The van der Waals surface area contributed by atoms with Crippen LogP contribution in [-0.4, -0.2) is 60.3 Å². The Hall–Kier alpha value is -2.50. The van der Waals surface area contributed by atoms with Gasteiger partial charge in [0.1, 0.15) is 0 Å². The lowest BCUT2D eigenvalue weighted by Gasteiger charge is -2.34. The van der Waals surface area contributed by atoms with Crippen LogP contribution in [0, 0.1) is 0 Å². The van der Waals surface area contributed by atoms with Crippen molar-refractivity contribution in [3.8, 4) is 0 Å². The highest BCUT2D eigenvalue weighted by atomic mass is 16.1. The van der Waals surface area contributed by atoms with Gasteiger partial charge in [0, 0.05) is 68.8 Å². The zero-order valence-corrected chi connectivity index (χ0v) is 17.6. The van der Waals surface area contributed by atoms with E-state index in [9.17, 15) is 4.79 Å². The minimum absolute atomic E-state index is 0.150. The summed E-state index contributed by atoms with van der Waals surface area (Å²) in [6.45, 7) is 9.54. The number of carbonyl (C=O) groups is 1. The van der Waals surface area contributed by atoms with Crippen molar-refractivity contribution in [2.24, 2.45) is 0 Å². The van der Waals surface area contributed by atoms with E-state index in [1.165, 1.54) is 11.3 Å². The van der Waals surface area contributed by atoms with Crippen LogP contribution >= 0.6 is 0 Å². The number of allylic oxidation sites excluding steroid dienone is 1. The van der Waals surface area contributed by atoms with E-state index in [0.717, 1.165) is 44.1 Å². The minimum atomic E-state index is -0.150. The molecular formula is C24H30N4O. The first-order valence-electron chi connectivity index (χ1n) is 10.4. The van der Waals surface area contributed by atoms with Crippen LogP contribution in [0.1, 0.15) is 25.1 Å². The Balaban J connectivity index is 1.35. The average Bonchev–Trinajstić information content (AvgIpc) is 2.91. The van der Waals surface area contributed by atoms with E-state index in [-0.39, 0.29) is 11.2 Å². The van der Waals surface area contributed by atoms with Crippen LogP contribution < -0.4 is 4.90 Å². The molecule has 1 saturated heterocycles. The van der Waals surface area contributed by atoms with Gasteiger partial charge in [-0.25, -0.2) is 0 Å². The Labute approximate surface area is 173 Å². The van der Waals surface area contributed by atoms with Gasteiger partial charge in [0.25, 0.3) is 0 Å². The number of carbonyl (C=O) groups excluding carboxylic acids is 1. The van der Waals surface area contributed by atoms with Gasteiger partial charge < -0.3 is 4.90 Å². The van der Waals surface area contributed by atoms with E-state index in [1.54, 1.807) is 0 Å². The maximum Gasteiger partial charge on any atom is 0.171 e. The molecule has 3 heterocycles. The summed E-state index contributed by atoms with van der Waals surface area (Å²) in [5.74, 6) is 0.186. The van der Waals surface area contributed by atoms with Crippen LogP contribution in [0.5, 0.6) is 0 Å². The summed E-state index contributed by atoms with van der Waals surface area (Å²) < 4.78 is 0. The van der Waals surface area contributed by atoms with Gasteiger partial charge in [-0.15, -0.1) is 0 Å². The van der Waals surface area contributed by atoms with E-state index in [4.69, 9.17) is 0 Å². The fourth-order valence-corrected chi connectivity index (χ4v) is 4.50. The van der Waals surface area contributed by atoms with Crippen LogP contribution in [0.2, 0.25) is 0 Å². The number of hydrogen-bond donors (Lipinski definition) is 0. The summed E-state index contributed by atoms with van der Waals surface area (Å²) in [4.78, 5) is 24.1. The summed E-state index contributed by atoms with van der Waals surface area (Å²) in [5.41, 5.74) is 4.51. The number of fused-ring (bicyclic) bond motifs is 1. The quantitative estimate of drug-likeness (QED) is 0.734. The van der Waals surface area contributed by atoms with Crippen LogP contribution in [0.25, 0.3) is 0 Å². The van der Waals surface area contributed by atoms with Gasteiger partial charge in [0.05, 0.1) is 12.2 Å². The number of nitrogens with zero attached hydrogens (tertiary/aromatic N) is 4. The van der Waals surface area contributed by atoms with Crippen molar-refractivity contribution in [3.05, 3.63) is 71.7 Å². The topological polar surface area (TPSA) is 39.7 Å². The molecular weight excluding hydrogens is 360 g/mol. The van der Waals surface area contributed by atoms with Crippen molar-refractivity contribution >= 4 is 11.5 Å². The van der Waals surface area contributed by atoms with Gasteiger partial charge in [-0.2, -0.15) is 0 Å². The second kappa shape index (κ2) is 8.09. The van der Waals surface area contributed by atoms with E-state index in [0.29, 0.717) is 6.54 Å². The summed E-state index contributed by atoms with van der Waals surface area (Å²) in [6.07, 6.45) is 3.71. The Bertz CT molecular complexity index is 898. The van der Waals surface area contributed by atoms with Crippen LogP contribution in [0.3, 0.4) is 0 Å². The Morgan fingerprint density at radius 1 is 1.03 bits per heavy atom. The molecule has 152 valence electrons. The SMILES string of the molecule is CN1/C(=C\C(=O)CN2CCN(Cc3ccccn3)CC2)C(C)(C)c2ccccc21. The van der Waals surface area contributed by atoms with Crippen molar-refractivity contribution in [1.29, 1.82) is 0 Å². The summed E-state index contributed by atoms with van der Waals surface area (Å²) in [7, 11) is 2.06. The van der Waals surface area contributed by atoms with Crippen LogP contribution in [0.15, 0.2) is 60.4 Å². The number of rotatable bonds is 5. The van der Waals surface area contributed by atoms with Gasteiger partial charge >= 0.3 is 0 Å². The summed E-state index contributed by atoms with van der Waals surface area (Å²) >= 11 is 0. The molecule has 1 fully saturated rings. The number of pyridine rings is 1. The maximum atomic E-state index is 12.9. The Kier molecular flexibility index (Phi) is 5.52. The van der Waals surface area contributed by atoms with Crippen molar-refractivity contribution in [1.82, 2.24) is 14.8 Å². The smallest absolute Gasteiger partial charge is 0.171 e. The molecule has 5 nitrogen and oxygen atoms in total. The molecule has 0 saturated carbocycles. The highest BCUT2D eigenvalue weighted by Crippen LogP contribution is 2.46. The standard InChI is InChI=1S/C24H30N4O/c1-24(2)21-9-4-5-10-22(21)26(3)23(24)16-20(29)18-28-14-12-27(13-15-28)17-19-8-6-7-11-25-19/h4-11,16H,12-15,17-18H2,1-3H3/b23-16-. The number of piperazine rings is 1. The van der Waals surface area contributed by atoms with Gasteiger partial charge in [0.15, 0.2) is 5.78 Å². The van der Waals surface area contributed by atoms with E-state index >= 15 is 0 Å². The van der Waals surface area contributed by atoms with Gasteiger partial charge in [-0.1, -0.05) is 38.1 Å². The number of anilines is 1. The molecule has 0 amide bonds. The zero-order valence-electron chi connectivity index (χ0n) is 17.6. The lowest BCUT2D eigenvalue weighted by molar-refractivity contribution is -0.116. The summed E-state index contributed by atoms with van der Waals surface area (Å²) in [6, 6.07) is 14.5. The first-order chi connectivity index (χ1) is 13.9. The zero-order chi connectivity index (χ0) is 20.4. The minimum Gasteiger partial charge on any atom is -0.347 e. The molecule has 0 atom stereocenters. The van der Waals surface area contributed by atoms with Crippen molar-refractivity contribution in [2.45, 2.75) is 25.8 Å². The highest BCUT2D eigenvalue weighted by molar-refractivity contribution is 5.94. The highest BCUT2D eigenvalue weighted by Gasteiger charge is 2.38. The molecule has 29 heavy (non-hydrogen) atoms. The molecule has 4 rings (SSSR count). The average molecular weight is 391 g/mol. The molecule has 5 heteroatoms. The van der Waals surface area contributed by atoms with E-state index < -0.39 is 0 Å². The number of benzene rings is 1. The molecule has 2 aliphatic heterocycles. The van der Waals surface area contributed by atoms with Crippen LogP contribution in [0.4, 0.5) is 5.69 Å². The van der Waals surface area contributed by atoms with Crippen molar-refractivity contribution in [3.63, 3.8) is 0 Å². The lowest BCUT2D eigenvalue weighted by Crippen LogP contribution is -2.47. The van der Waals surface area contributed by atoms with Crippen LogP contribution in [-0.2, 0) is 16.8 Å². The molecule has 0 radical (unpaired) electrons. The molecule has 2 aromatic rings. The first kappa shape index (κ1) is 19.8. The molecule has 0 unspecified atom stereocenters. The molecule has 1 aromatic carbocycles. The molecule has 1 aromatic heterocycles. The summed E-state index contributed by atoms with van der Waals surface area (Å²) in [5, 5.41) is 0. The maximum absolute atomic E-state index is 12.9. The first-order valence-corrected chi connectivity index (χ1v) is 10.4. The molecule has 0 bridgehead atoms. The Morgan fingerprint density at radius 3 is 2.41 bits per heavy atom. The fourth-order valence-electron chi connectivity index (χ4n) is 4.50. The number of para-hydroxylation sites is 1. The third-order valence-electron chi connectivity index (χ3n) is 6.19. The molecule has 0 N–H and O–H groups in total. The van der Waals surface area contributed by atoms with Gasteiger partial charge in [0.2, 0.25) is 0 Å². The van der Waals surface area contributed by atoms with Crippen molar-refractivity contribution in [2.75, 3.05) is 44.7 Å². The van der Waals surface area contributed by atoms with Gasteiger partial charge in [-0.3, -0.25) is 19.6 Å². The molecule has 0 aliphatic carbocycles. The molecule has 0 spiro atoms. The number of ketones is 1. The second-order valence-corrected chi connectivity index (χ2v) is 8.57. The predicted octanol–water partition coefficient (Wildman–Crippen LogP) is 3.08. The molecule has 2 aliphatic rings. The monoisotopic (exact) mass is 390 g/mol. The Morgan fingerprint density at radius 2 is 1.72 bits per heavy atom. The van der Waals surface area contributed by atoms with E-state index in [2.05, 4.69) is 70.9 Å². The number of likely N-dealkylation sites (N-methyl/N-ethyl adjacent to an activating group) is 1.